The Bertz CT molecular complexity index is 825. The molecule has 2 saturated heterocycles. The predicted molar refractivity (Wildman–Crippen MR) is 109 cm³/mol. The van der Waals surface area contributed by atoms with Gasteiger partial charge in [0.25, 0.3) is 0 Å². The smallest absolute Gasteiger partial charge is 0.410 e. The summed E-state index contributed by atoms with van der Waals surface area (Å²) in [5.74, 6) is -0.604. The van der Waals surface area contributed by atoms with E-state index in [0.29, 0.717) is 44.6 Å². The number of carbonyl (C=O) groups is 3. The molecule has 1 aromatic carbocycles. The van der Waals surface area contributed by atoms with Gasteiger partial charge in [0, 0.05) is 19.6 Å². The number of carbonyl (C=O) groups excluding carboxylic acids is 3. The summed E-state index contributed by atoms with van der Waals surface area (Å²) in [5.41, 5.74) is -0.411. The molecule has 8 heteroatoms. The normalized spacial score (nSPS) is 18.9. The summed E-state index contributed by atoms with van der Waals surface area (Å²) >= 11 is 6.22. The largest absolute Gasteiger partial charge is 0.465 e. The lowest BCUT2D eigenvalue weighted by molar-refractivity contribution is -0.128. The Hall–Kier alpha value is -2.28. The number of benzene rings is 1. The highest BCUT2D eigenvalue weighted by Crippen LogP contribution is 2.44. The van der Waals surface area contributed by atoms with E-state index >= 15 is 0 Å². The Balaban J connectivity index is 1.76. The number of nitrogens with zero attached hydrogens (tertiary/aromatic N) is 2. The van der Waals surface area contributed by atoms with E-state index in [1.54, 1.807) is 28.0 Å². The van der Waals surface area contributed by atoms with Crippen LogP contribution in [0.15, 0.2) is 18.2 Å². The van der Waals surface area contributed by atoms with E-state index in [4.69, 9.17) is 21.1 Å². The molecule has 2 aliphatic rings. The summed E-state index contributed by atoms with van der Waals surface area (Å²) in [6.45, 7) is 6.92. The molecule has 0 N–H and O–H groups in total. The van der Waals surface area contributed by atoms with Crippen LogP contribution >= 0.6 is 11.6 Å². The maximum absolute atomic E-state index is 13.4. The van der Waals surface area contributed by atoms with Gasteiger partial charge in [-0.15, -0.1) is 0 Å². The Morgan fingerprint density at radius 2 is 1.72 bits per heavy atom. The molecule has 7 nitrogen and oxygen atoms in total. The Kier molecular flexibility index (Phi) is 5.81. The van der Waals surface area contributed by atoms with Crippen molar-refractivity contribution in [3.05, 3.63) is 28.8 Å². The molecule has 0 atom stereocenters. The summed E-state index contributed by atoms with van der Waals surface area (Å²) < 4.78 is 10.3. The summed E-state index contributed by atoms with van der Waals surface area (Å²) in [5, 5.41) is 0.253. The fraction of sp³-hybridized carbons (Fsp3) is 0.571. The van der Waals surface area contributed by atoms with Crippen LogP contribution in [-0.4, -0.2) is 55.2 Å². The van der Waals surface area contributed by atoms with Crippen LogP contribution in [0, 0.1) is 5.41 Å². The molecule has 2 heterocycles. The molecule has 1 aromatic rings. The maximum atomic E-state index is 13.4. The molecule has 0 bridgehead atoms. The van der Waals surface area contributed by atoms with Crippen LogP contribution in [0.2, 0.25) is 5.02 Å². The van der Waals surface area contributed by atoms with E-state index in [2.05, 4.69) is 0 Å². The van der Waals surface area contributed by atoms with Crippen molar-refractivity contribution in [3.8, 4) is 0 Å². The van der Waals surface area contributed by atoms with Gasteiger partial charge in [-0.2, -0.15) is 0 Å². The van der Waals surface area contributed by atoms with Gasteiger partial charge < -0.3 is 19.3 Å². The lowest BCUT2D eigenvalue weighted by atomic mass is 9.77. The molecular formula is C21H27ClN2O5. The number of anilines is 1. The van der Waals surface area contributed by atoms with Gasteiger partial charge in [0.05, 0.1) is 23.2 Å². The van der Waals surface area contributed by atoms with E-state index in [1.165, 1.54) is 7.11 Å². The van der Waals surface area contributed by atoms with Crippen molar-refractivity contribution in [2.45, 2.75) is 45.6 Å². The van der Waals surface area contributed by atoms with E-state index in [1.807, 2.05) is 20.8 Å². The van der Waals surface area contributed by atoms with Gasteiger partial charge in [0.1, 0.15) is 11.2 Å². The SMILES string of the molecule is COC(=O)c1c(Cl)cccc1N1CCC2(CCN(C(=O)OC(C)(C)C)CC2)C1=O. The van der Waals surface area contributed by atoms with Gasteiger partial charge in [-0.1, -0.05) is 17.7 Å². The number of amides is 2. The molecule has 29 heavy (non-hydrogen) atoms. The Labute approximate surface area is 175 Å². The average Bonchev–Trinajstić information content (AvgIpc) is 2.96. The van der Waals surface area contributed by atoms with Crippen molar-refractivity contribution >= 4 is 35.3 Å². The van der Waals surface area contributed by atoms with Crippen LogP contribution in [0.3, 0.4) is 0 Å². The second-order valence-corrected chi connectivity index (χ2v) is 8.99. The quantitative estimate of drug-likeness (QED) is 0.676. The van der Waals surface area contributed by atoms with Crippen molar-refractivity contribution in [1.82, 2.24) is 4.90 Å². The third kappa shape index (κ3) is 4.20. The minimum absolute atomic E-state index is 0.0336. The van der Waals surface area contributed by atoms with E-state index in [-0.39, 0.29) is 22.6 Å². The highest BCUT2D eigenvalue weighted by atomic mass is 35.5. The van der Waals surface area contributed by atoms with Crippen LogP contribution in [0.5, 0.6) is 0 Å². The average molecular weight is 423 g/mol. The van der Waals surface area contributed by atoms with Crippen molar-refractivity contribution in [2.75, 3.05) is 31.6 Å². The molecule has 0 aliphatic carbocycles. The number of likely N-dealkylation sites (tertiary alicyclic amines) is 1. The molecule has 2 aliphatic heterocycles. The first-order valence-corrected chi connectivity index (χ1v) is 10.1. The van der Waals surface area contributed by atoms with Gasteiger partial charge in [0.15, 0.2) is 0 Å². The number of hydrogen-bond donors (Lipinski definition) is 0. The zero-order chi connectivity index (χ0) is 21.4. The standard InChI is InChI=1S/C21H27ClN2O5/c1-20(2,3)29-19(27)23-11-8-21(9-12-23)10-13-24(18(21)26)15-7-5-6-14(22)16(15)17(25)28-4/h5-7H,8-13H2,1-4H3. The minimum atomic E-state index is -0.570. The third-order valence-electron chi connectivity index (χ3n) is 5.56. The van der Waals surface area contributed by atoms with Crippen LogP contribution in [0.4, 0.5) is 10.5 Å². The number of esters is 1. The lowest BCUT2D eigenvalue weighted by Gasteiger charge is -2.38. The van der Waals surface area contributed by atoms with Crippen LogP contribution < -0.4 is 4.90 Å². The van der Waals surface area contributed by atoms with Gasteiger partial charge in [0.2, 0.25) is 5.91 Å². The van der Waals surface area contributed by atoms with E-state index in [0.717, 1.165) is 0 Å². The van der Waals surface area contributed by atoms with Crippen LogP contribution in [0.25, 0.3) is 0 Å². The number of methoxy groups -OCH3 is 1. The molecule has 2 fully saturated rings. The van der Waals surface area contributed by atoms with Crippen LogP contribution in [0.1, 0.15) is 50.4 Å². The van der Waals surface area contributed by atoms with Gasteiger partial charge in [-0.05, 0) is 52.2 Å². The summed E-state index contributed by atoms with van der Waals surface area (Å²) in [6.07, 6.45) is 1.45. The topological polar surface area (TPSA) is 76.2 Å². The highest BCUT2D eigenvalue weighted by molar-refractivity contribution is 6.34. The van der Waals surface area contributed by atoms with Crippen molar-refractivity contribution < 1.29 is 23.9 Å². The van der Waals surface area contributed by atoms with Crippen LogP contribution in [-0.2, 0) is 14.3 Å². The van der Waals surface area contributed by atoms with Crippen molar-refractivity contribution in [2.24, 2.45) is 5.41 Å². The van der Waals surface area contributed by atoms with E-state index < -0.39 is 17.0 Å². The summed E-state index contributed by atoms with van der Waals surface area (Å²) in [6, 6.07) is 5.03. The summed E-state index contributed by atoms with van der Waals surface area (Å²) in [4.78, 5) is 41.2. The number of piperidine rings is 1. The first-order valence-electron chi connectivity index (χ1n) is 9.75. The van der Waals surface area contributed by atoms with Gasteiger partial charge in [-0.3, -0.25) is 4.79 Å². The van der Waals surface area contributed by atoms with Gasteiger partial charge in [-0.25, -0.2) is 9.59 Å². The second kappa shape index (κ2) is 7.86. The number of ether oxygens (including phenoxy) is 2. The fourth-order valence-corrected chi connectivity index (χ4v) is 4.25. The molecule has 0 unspecified atom stereocenters. The molecule has 0 saturated carbocycles. The highest BCUT2D eigenvalue weighted by Gasteiger charge is 2.50. The Morgan fingerprint density at radius 1 is 1.10 bits per heavy atom. The van der Waals surface area contributed by atoms with E-state index in [9.17, 15) is 14.4 Å². The first kappa shape index (κ1) is 21.4. The molecule has 2 amide bonds. The maximum Gasteiger partial charge on any atom is 0.410 e. The molecule has 158 valence electrons. The molecule has 0 radical (unpaired) electrons. The predicted octanol–water partition coefficient (Wildman–Crippen LogP) is 3.88. The fourth-order valence-electron chi connectivity index (χ4n) is 4.00. The number of hydrogen-bond acceptors (Lipinski definition) is 5. The molecule has 3 rings (SSSR count). The first-order chi connectivity index (χ1) is 13.6. The number of rotatable bonds is 2. The number of halogens is 1. The van der Waals surface area contributed by atoms with Gasteiger partial charge >= 0.3 is 12.1 Å². The van der Waals surface area contributed by atoms with Crippen molar-refractivity contribution in [3.63, 3.8) is 0 Å². The second-order valence-electron chi connectivity index (χ2n) is 8.58. The molecule has 0 aromatic heterocycles. The zero-order valence-corrected chi connectivity index (χ0v) is 18.0. The minimum Gasteiger partial charge on any atom is -0.465 e. The van der Waals surface area contributed by atoms with Crippen molar-refractivity contribution in [1.29, 1.82) is 0 Å². The monoisotopic (exact) mass is 422 g/mol. The molecular weight excluding hydrogens is 396 g/mol. The Morgan fingerprint density at radius 3 is 2.31 bits per heavy atom. The summed E-state index contributed by atoms with van der Waals surface area (Å²) in [7, 11) is 1.29. The molecule has 1 spiro atoms. The lowest BCUT2D eigenvalue weighted by Crippen LogP contribution is -2.48. The third-order valence-corrected chi connectivity index (χ3v) is 5.87. The zero-order valence-electron chi connectivity index (χ0n) is 17.3.